The van der Waals surface area contributed by atoms with E-state index in [9.17, 15) is 8.42 Å². The van der Waals surface area contributed by atoms with Crippen LogP contribution >= 0.6 is 0 Å². The first kappa shape index (κ1) is 24.2. The fourth-order valence-corrected chi connectivity index (χ4v) is 4.89. The maximum Gasteiger partial charge on any atom is 0.225 e. The lowest BCUT2D eigenvalue weighted by molar-refractivity contribution is 0.231. The Hall–Kier alpha value is -2.97. The molecule has 2 atom stereocenters. The second kappa shape index (κ2) is 10.1. The second-order valence-electron chi connectivity index (χ2n) is 9.02. The molecular weight excluding hydrogens is 448 g/mol. The van der Waals surface area contributed by atoms with E-state index in [1.54, 1.807) is 12.1 Å². The van der Waals surface area contributed by atoms with Gasteiger partial charge in [0.2, 0.25) is 5.95 Å². The Balaban J connectivity index is 1.42. The second-order valence-corrected chi connectivity index (χ2v) is 11.0. The molecule has 4 rings (SSSR count). The number of hydrogen-bond donors (Lipinski definition) is 1. The highest BCUT2D eigenvalue weighted by Crippen LogP contribution is 2.30. The van der Waals surface area contributed by atoms with Gasteiger partial charge in [0.25, 0.3) is 0 Å². The van der Waals surface area contributed by atoms with Crippen molar-refractivity contribution in [3.63, 3.8) is 0 Å². The quantitative estimate of drug-likeness (QED) is 0.525. The van der Waals surface area contributed by atoms with Crippen LogP contribution < -0.4 is 15.4 Å². The van der Waals surface area contributed by atoms with Crippen LogP contribution in [0.15, 0.2) is 59.8 Å². The van der Waals surface area contributed by atoms with Gasteiger partial charge in [0.1, 0.15) is 5.75 Å². The highest BCUT2D eigenvalue weighted by Gasteiger charge is 2.31. The lowest BCUT2D eigenvalue weighted by atomic mass is 9.99. The molecule has 0 spiro atoms. The Morgan fingerprint density at radius 2 is 1.74 bits per heavy atom. The molecule has 2 heterocycles. The number of ether oxygens (including phenoxy) is 1. The zero-order chi connectivity index (χ0) is 24.3. The molecule has 2 N–H and O–H groups in total. The van der Waals surface area contributed by atoms with E-state index in [1.165, 1.54) is 6.26 Å². The van der Waals surface area contributed by atoms with Crippen LogP contribution in [0.4, 0.5) is 5.95 Å². The molecule has 2 unspecified atom stereocenters. The number of sulfone groups is 1. The van der Waals surface area contributed by atoms with E-state index >= 15 is 0 Å². The molecule has 7 nitrogen and oxygen atoms in total. The van der Waals surface area contributed by atoms with Gasteiger partial charge in [-0.3, -0.25) is 0 Å². The zero-order valence-electron chi connectivity index (χ0n) is 19.9. The minimum atomic E-state index is -3.22. The van der Waals surface area contributed by atoms with Crippen molar-refractivity contribution in [2.75, 3.05) is 30.9 Å². The van der Waals surface area contributed by atoms with Gasteiger partial charge in [-0.1, -0.05) is 32.0 Å². The maximum absolute atomic E-state index is 11.7. The number of hydrogen-bond acceptors (Lipinski definition) is 7. The van der Waals surface area contributed by atoms with Crippen molar-refractivity contribution in [2.24, 2.45) is 17.6 Å². The maximum atomic E-state index is 11.7. The van der Waals surface area contributed by atoms with Crippen molar-refractivity contribution < 1.29 is 13.2 Å². The molecule has 1 saturated heterocycles. The summed E-state index contributed by atoms with van der Waals surface area (Å²) in [6.45, 7) is 7.05. The third kappa shape index (κ3) is 5.39. The minimum absolute atomic E-state index is 0.307. The summed E-state index contributed by atoms with van der Waals surface area (Å²) in [5.41, 5.74) is 9.99. The van der Waals surface area contributed by atoms with Crippen LogP contribution in [0.2, 0.25) is 0 Å². The summed E-state index contributed by atoms with van der Waals surface area (Å²) >= 11 is 0. The van der Waals surface area contributed by atoms with Crippen LogP contribution in [0.25, 0.3) is 11.1 Å². The Labute approximate surface area is 201 Å². The molecule has 0 saturated carbocycles. The minimum Gasteiger partial charge on any atom is -0.493 e. The molecule has 1 aliphatic heterocycles. The summed E-state index contributed by atoms with van der Waals surface area (Å²) in [5.74, 6) is 2.39. The first-order valence-electron chi connectivity index (χ1n) is 11.6. The highest BCUT2D eigenvalue weighted by atomic mass is 32.2. The molecule has 180 valence electrons. The highest BCUT2D eigenvalue weighted by molar-refractivity contribution is 7.90. The van der Waals surface area contributed by atoms with Gasteiger partial charge in [-0.2, -0.15) is 0 Å². The van der Waals surface area contributed by atoms with Crippen LogP contribution in [-0.4, -0.2) is 44.3 Å². The summed E-state index contributed by atoms with van der Waals surface area (Å²) in [5, 5.41) is 0. The Bertz CT molecular complexity index is 1230. The van der Waals surface area contributed by atoms with Crippen LogP contribution in [0, 0.1) is 11.8 Å². The van der Waals surface area contributed by atoms with Gasteiger partial charge in [0.15, 0.2) is 9.84 Å². The van der Waals surface area contributed by atoms with Gasteiger partial charge in [-0.05, 0) is 53.3 Å². The lowest BCUT2D eigenvalue weighted by Gasteiger charge is -2.18. The van der Waals surface area contributed by atoms with Crippen molar-refractivity contribution >= 4 is 15.8 Å². The number of rotatable bonds is 8. The van der Waals surface area contributed by atoms with E-state index in [0.717, 1.165) is 53.5 Å². The average molecular weight is 481 g/mol. The van der Waals surface area contributed by atoms with Crippen molar-refractivity contribution in [1.29, 1.82) is 0 Å². The molecule has 34 heavy (non-hydrogen) atoms. The van der Waals surface area contributed by atoms with E-state index in [-0.39, 0.29) is 0 Å². The first-order valence-corrected chi connectivity index (χ1v) is 13.5. The molecule has 1 aromatic heterocycles. The van der Waals surface area contributed by atoms with Crippen molar-refractivity contribution in [2.45, 2.75) is 31.7 Å². The smallest absolute Gasteiger partial charge is 0.225 e. The van der Waals surface area contributed by atoms with E-state index in [1.807, 2.05) is 42.7 Å². The predicted octanol–water partition coefficient (Wildman–Crippen LogP) is 3.72. The van der Waals surface area contributed by atoms with Gasteiger partial charge in [0.05, 0.1) is 11.5 Å². The largest absolute Gasteiger partial charge is 0.493 e. The van der Waals surface area contributed by atoms with Crippen molar-refractivity contribution in [1.82, 2.24) is 9.97 Å². The van der Waals surface area contributed by atoms with Crippen LogP contribution in [0.5, 0.6) is 5.75 Å². The van der Waals surface area contributed by atoms with E-state index in [0.29, 0.717) is 29.9 Å². The zero-order valence-corrected chi connectivity index (χ0v) is 20.8. The third-order valence-electron chi connectivity index (χ3n) is 6.50. The fraction of sp³-hybridized carbons (Fsp3) is 0.385. The Morgan fingerprint density at radius 1 is 1.06 bits per heavy atom. The van der Waals surface area contributed by atoms with Gasteiger partial charge in [-0.25, -0.2) is 18.4 Å². The number of aromatic nitrogens is 2. The van der Waals surface area contributed by atoms with Crippen LogP contribution in [-0.2, 0) is 22.8 Å². The monoisotopic (exact) mass is 480 g/mol. The molecule has 0 bridgehead atoms. The average Bonchev–Trinajstić information content (AvgIpc) is 3.22. The molecule has 3 aromatic rings. The summed E-state index contributed by atoms with van der Waals surface area (Å²) in [6, 6.07) is 12.8. The van der Waals surface area contributed by atoms with Gasteiger partial charge < -0.3 is 15.4 Å². The normalized spacial score (nSPS) is 18.3. The topological polar surface area (TPSA) is 98.4 Å². The van der Waals surface area contributed by atoms with Crippen LogP contribution in [0.3, 0.4) is 0 Å². The molecule has 0 amide bonds. The van der Waals surface area contributed by atoms with Gasteiger partial charge >= 0.3 is 0 Å². The van der Waals surface area contributed by atoms with E-state index in [2.05, 4.69) is 28.7 Å². The molecule has 0 radical (unpaired) electrons. The van der Waals surface area contributed by atoms with E-state index < -0.39 is 9.84 Å². The molecule has 2 aromatic carbocycles. The summed E-state index contributed by atoms with van der Waals surface area (Å²) in [4.78, 5) is 11.6. The van der Waals surface area contributed by atoms with Gasteiger partial charge in [0, 0.05) is 49.8 Å². The summed E-state index contributed by atoms with van der Waals surface area (Å²) in [7, 11) is -3.22. The lowest BCUT2D eigenvalue weighted by Crippen LogP contribution is -2.24. The fourth-order valence-electron chi connectivity index (χ4n) is 4.26. The van der Waals surface area contributed by atoms with Crippen molar-refractivity contribution in [3.05, 3.63) is 66.0 Å². The molecule has 1 fully saturated rings. The molecule has 8 heteroatoms. The molecule has 0 aliphatic carbocycles. The Kier molecular flexibility index (Phi) is 7.19. The number of anilines is 1. The van der Waals surface area contributed by atoms with Crippen molar-refractivity contribution in [3.8, 4) is 16.9 Å². The van der Waals surface area contributed by atoms with E-state index in [4.69, 9.17) is 10.5 Å². The SMILES string of the molecule is CCc1cnc(N2CC(C)C(COc3ccc(-c4ccc(S(C)(=O)=O)cc4)cc3CN)C2)nc1. The number of aryl methyl sites for hydroxylation is 1. The third-order valence-corrected chi connectivity index (χ3v) is 7.63. The number of nitrogens with zero attached hydrogens (tertiary/aromatic N) is 3. The first-order chi connectivity index (χ1) is 16.3. The molecule has 1 aliphatic rings. The van der Waals surface area contributed by atoms with Gasteiger partial charge in [-0.15, -0.1) is 0 Å². The number of benzene rings is 2. The Morgan fingerprint density at radius 3 is 2.35 bits per heavy atom. The summed E-state index contributed by atoms with van der Waals surface area (Å²) < 4.78 is 29.7. The predicted molar refractivity (Wildman–Crippen MR) is 135 cm³/mol. The summed E-state index contributed by atoms with van der Waals surface area (Å²) in [6.07, 6.45) is 5.95. The standard InChI is InChI=1S/C26H32N4O3S/c1-4-19-13-28-26(29-14-19)30-15-18(2)23(16-30)17-33-25-10-7-21(11-22(25)12-27)20-5-8-24(9-6-20)34(3,31)32/h5-11,13-14,18,23H,4,12,15-17,27H2,1-3H3. The number of nitrogens with two attached hydrogens (primary N) is 1. The molecular formula is C26H32N4O3S. The van der Waals surface area contributed by atoms with Crippen LogP contribution in [0.1, 0.15) is 25.0 Å².